The molecule has 0 aromatic rings. The molecule has 2 aliphatic heterocycles. The first-order valence-electron chi connectivity index (χ1n) is 8.90. The van der Waals surface area contributed by atoms with Gasteiger partial charge in [0.25, 0.3) is 0 Å². The van der Waals surface area contributed by atoms with Crippen molar-refractivity contribution in [2.24, 2.45) is 16.8 Å². The molecule has 26 heavy (non-hydrogen) atoms. The van der Waals surface area contributed by atoms with Crippen molar-refractivity contribution in [1.82, 2.24) is 10.6 Å². The Labute approximate surface area is 166 Å². The fraction of sp³-hybridized carbons (Fsp3) is 0.381. The van der Waals surface area contributed by atoms with E-state index in [-0.39, 0.29) is 38.6 Å². The van der Waals surface area contributed by atoms with E-state index in [9.17, 15) is 4.79 Å². The largest absolute Gasteiger partial charge is 0.374 e. The van der Waals surface area contributed by atoms with Crippen molar-refractivity contribution < 1.29 is 4.79 Å². The lowest BCUT2D eigenvalue weighted by atomic mass is 9.95. The van der Waals surface area contributed by atoms with E-state index < -0.39 is 0 Å². The van der Waals surface area contributed by atoms with Gasteiger partial charge >= 0.3 is 0 Å². The molecule has 0 aromatic carbocycles. The number of amidine groups is 1. The summed E-state index contributed by atoms with van der Waals surface area (Å²) in [6.45, 7) is 9.86. The molecule has 1 amide bonds. The lowest BCUT2D eigenvalue weighted by Gasteiger charge is -2.28. The molecule has 5 heteroatoms. The number of nitrogens with one attached hydrogen (secondary N) is 2. The number of carbonyl (C=O) groups excluding carboxylic acids is 1. The summed E-state index contributed by atoms with van der Waals surface area (Å²) in [5, 5.41) is 6.37. The van der Waals surface area contributed by atoms with Gasteiger partial charge in [-0.15, -0.1) is 0 Å². The topological polar surface area (TPSA) is 53.5 Å². The maximum atomic E-state index is 11.5. The van der Waals surface area contributed by atoms with Crippen LogP contribution in [0.2, 0.25) is 0 Å². The molecule has 3 unspecified atom stereocenters. The Hall–Kier alpha value is -1.76. The van der Waals surface area contributed by atoms with Crippen molar-refractivity contribution in [3.05, 3.63) is 58.5 Å². The Morgan fingerprint density at radius 3 is 3.00 bits per heavy atom. The monoisotopic (exact) mass is 465 g/mol. The molecule has 0 aromatic heterocycles. The third-order valence-corrected chi connectivity index (χ3v) is 6.58. The van der Waals surface area contributed by atoms with Crippen molar-refractivity contribution in [3.8, 4) is 0 Å². The van der Waals surface area contributed by atoms with Gasteiger partial charge in [0.15, 0.2) is 0 Å². The van der Waals surface area contributed by atoms with Gasteiger partial charge in [0.1, 0.15) is 11.9 Å². The molecule has 3 atom stereocenters. The van der Waals surface area contributed by atoms with Crippen LogP contribution in [-0.4, -0.2) is 21.8 Å². The number of rotatable bonds is 6. The molecule has 2 rings (SSSR count). The molecular formula is C21H28IN3O. The summed E-state index contributed by atoms with van der Waals surface area (Å²) in [7, 11) is 0. The summed E-state index contributed by atoms with van der Waals surface area (Å²) in [6.07, 6.45) is 14.5. The average molecular weight is 465 g/mol. The van der Waals surface area contributed by atoms with E-state index in [1.807, 2.05) is 19.2 Å². The maximum Gasteiger partial charge on any atom is 0.222 e. The Bertz CT molecular complexity index is 713. The molecule has 0 fully saturated rings. The summed E-state index contributed by atoms with van der Waals surface area (Å²) < 4.78 is 4.71. The molecule has 0 bridgehead atoms. The molecule has 0 saturated carbocycles. The Kier molecular flexibility index (Phi) is 8.22. The SMILES string of the molecule is C=C(C/C=C\C)C(C)C1=CN=C(NC(C)=O)C(/C=C/C2C=IC=CC2)N1. The van der Waals surface area contributed by atoms with E-state index in [4.69, 9.17) is 0 Å². The summed E-state index contributed by atoms with van der Waals surface area (Å²) in [5.74, 6) is 1.19. The number of hydrogen-bond acceptors (Lipinski definition) is 3. The standard InChI is InChI=1S/C21H28IN3O/c1-5-6-8-15(2)16(3)20-14-23-21(24-17(4)26)19(25-20)11-10-18-9-7-12-22-13-18/h5-7,10-14,16,18-19,25H,2,8-9H2,1,3-4H3,(H,23,24,26)/b6-5-,11-10+. The lowest BCUT2D eigenvalue weighted by molar-refractivity contribution is -0.117. The number of amides is 1. The third-order valence-electron chi connectivity index (χ3n) is 4.31. The molecule has 2 N–H and O–H groups in total. The van der Waals surface area contributed by atoms with E-state index in [1.165, 1.54) is 6.92 Å². The molecule has 0 radical (unpaired) electrons. The van der Waals surface area contributed by atoms with Crippen LogP contribution < -0.4 is 10.6 Å². The van der Waals surface area contributed by atoms with Gasteiger partial charge in [-0.05, 0) is 27.9 Å². The zero-order valence-electron chi connectivity index (χ0n) is 15.7. The summed E-state index contributed by atoms with van der Waals surface area (Å²) in [6, 6.07) is -0.131. The van der Waals surface area contributed by atoms with Gasteiger partial charge in [-0.1, -0.05) is 70.2 Å². The number of hydrogen-bond donors (Lipinski definition) is 2. The quantitative estimate of drug-likeness (QED) is 0.453. The average Bonchev–Trinajstić information content (AvgIpc) is 2.65. The van der Waals surface area contributed by atoms with Crippen LogP contribution in [0, 0.1) is 11.8 Å². The minimum atomic E-state index is -0.131. The second-order valence-electron chi connectivity index (χ2n) is 6.45. The first-order valence-corrected chi connectivity index (χ1v) is 11.4. The van der Waals surface area contributed by atoms with Crippen LogP contribution in [0.25, 0.3) is 0 Å². The smallest absolute Gasteiger partial charge is 0.222 e. The number of halogens is 1. The third kappa shape index (κ3) is 6.20. The van der Waals surface area contributed by atoms with Gasteiger partial charge in [0, 0.05) is 30.7 Å². The predicted molar refractivity (Wildman–Crippen MR) is 120 cm³/mol. The van der Waals surface area contributed by atoms with E-state index in [0.29, 0.717) is 11.8 Å². The van der Waals surface area contributed by atoms with Crippen LogP contribution in [-0.2, 0) is 4.79 Å². The van der Waals surface area contributed by atoms with Crippen LogP contribution in [0.3, 0.4) is 0 Å². The second-order valence-corrected chi connectivity index (χ2v) is 8.61. The van der Waals surface area contributed by atoms with Gasteiger partial charge in [-0.25, -0.2) is 4.99 Å². The van der Waals surface area contributed by atoms with Gasteiger partial charge in [0.2, 0.25) is 5.91 Å². The Morgan fingerprint density at radius 1 is 1.54 bits per heavy atom. The van der Waals surface area contributed by atoms with Gasteiger partial charge in [0.05, 0.1) is 0 Å². The normalized spacial score (nSPS) is 23.8. The molecule has 140 valence electrons. The number of carbonyl (C=O) groups is 1. The second kappa shape index (κ2) is 10.4. The van der Waals surface area contributed by atoms with Crippen LogP contribution in [0.15, 0.2) is 63.5 Å². The highest BCUT2D eigenvalue weighted by atomic mass is 127. The summed E-state index contributed by atoms with van der Waals surface area (Å²) >= 11 is 0.0764. The Morgan fingerprint density at radius 2 is 2.35 bits per heavy atom. The van der Waals surface area contributed by atoms with E-state index in [0.717, 1.165) is 24.1 Å². The van der Waals surface area contributed by atoms with E-state index >= 15 is 0 Å². The molecule has 0 spiro atoms. The molecule has 0 aliphatic carbocycles. The maximum absolute atomic E-state index is 11.5. The Balaban J connectivity index is 2.14. The predicted octanol–water partition coefficient (Wildman–Crippen LogP) is 4.36. The van der Waals surface area contributed by atoms with Crippen LogP contribution in [0.1, 0.15) is 33.6 Å². The van der Waals surface area contributed by atoms with Crippen molar-refractivity contribution in [2.45, 2.75) is 39.7 Å². The lowest BCUT2D eigenvalue weighted by Crippen LogP contribution is -2.47. The first kappa shape index (κ1) is 20.6. The zero-order chi connectivity index (χ0) is 18.9. The highest BCUT2D eigenvalue weighted by molar-refractivity contribution is 14.2. The number of allylic oxidation sites excluding steroid dienone is 5. The fourth-order valence-corrected chi connectivity index (χ4v) is 4.55. The van der Waals surface area contributed by atoms with Crippen molar-refractivity contribution in [2.75, 3.05) is 0 Å². The van der Waals surface area contributed by atoms with E-state index in [1.54, 1.807) is 0 Å². The molecule has 4 nitrogen and oxygen atoms in total. The molecule has 2 heterocycles. The zero-order valence-corrected chi connectivity index (χ0v) is 17.9. The minimum Gasteiger partial charge on any atom is -0.374 e. The minimum absolute atomic E-state index is 0.0764. The summed E-state index contributed by atoms with van der Waals surface area (Å²) in [5.41, 5.74) is 2.17. The van der Waals surface area contributed by atoms with Crippen molar-refractivity contribution in [3.63, 3.8) is 0 Å². The molecule has 2 aliphatic rings. The number of aliphatic imine (C=N–C) groups is 1. The van der Waals surface area contributed by atoms with Gasteiger partial charge in [-0.2, -0.15) is 0 Å². The van der Waals surface area contributed by atoms with Gasteiger partial charge in [-0.3, -0.25) is 4.79 Å². The van der Waals surface area contributed by atoms with Crippen LogP contribution in [0.4, 0.5) is 0 Å². The van der Waals surface area contributed by atoms with Crippen molar-refractivity contribution >= 4 is 36.5 Å². The van der Waals surface area contributed by atoms with E-state index in [2.05, 4.69) is 61.5 Å². The highest BCUT2D eigenvalue weighted by Crippen LogP contribution is 2.23. The van der Waals surface area contributed by atoms with Crippen LogP contribution >= 0.6 is 20.7 Å². The fourth-order valence-electron chi connectivity index (χ4n) is 2.66. The van der Waals surface area contributed by atoms with Crippen LogP contribution in [0.5, 0.6) is 0 Å². The van der Waals surface area contributed by atoms with Crippen molar-refractivity contribution in [1.29, 1.82) is 0 Å². The molecular weight excluding hydrogens is 437 g/mol. The summed E-state index contributed by atoms with van der Waals surface area (Å²) in [4.78, 5) is 16.0. The van der Waals surface area contributed by atoms with Gasteiger partial charge < -0.3 is 10.6 Å². The number of nitrogens with zero attached hydrogens (tertiary/aromatic N) is 1. The first-order chi connectivity index (χ1) is 12.5. The molecule has 0 saturated heterocycles. The highest BCUT2D eigenvalue weighted by Gasteiger charge is 2.23.